The second-order valence-corrected chi connectivity index (χ2v) is 19.3. The predicted molar refractivity (Wildman–Crippen MR) is 232 cm³/mol. The minimum Gasteiger partial charge on any atom is -0.496 e. The lowest BCUT2D eigenvalue weighted by Crippen LogP contribution is -2.81. The minimum absolute atomic E-state index is 0.199. The Morgan fingerprint density at radius 1 is 1.03 bits per heavy atom. The summed E-state index contributed by atoms with van der Waals surface area (Å²) in [5, 5.41) is 41.8. The molecule has 12 heteroatoms. The number of carbonyl (C=O) groups excluding carboxylic acids is 2. The van der Waals surface area contributed by atoms with Crippen LogP contribution in [0.4, 0.5) is 10.5 Å². The Labute approximate surface area is 354 Å². The van der Waals surface area contributed by atoms with Gasteiger partial charge >= 0.3 is 6.09 Å². The maximum atomic E-state index is 14.8. The van der Waals surface area contributed by atoms with Gasteiger partial charge in [-0.15, -0.1) is 0 Å². The summed E-state index contributed by atoms with van der Waals surface area (Å²) in [5.74, 6) is 0.274. The number of rotatable bonds is 10. The third-order valence-electron chi connectivity index (χ3n) is 16.2. The van der Waals surface area contributed by atoms with Gasteiger partial charge in [0.2, 0.25) is 0 Å². The number of nitrogens with zero attached hydrogens (tertiary/aromatic N) is 3. The number of ether oxygens (including phenoxy) is 2. The molecule has 324 valence electrons. The lowest BCUT2D eigenvalue weighted by molar-refractivity contribution is -0.201. The summed E-state index contributed by atoms with van der Waals surface area (Å²) in [6.07, 6.45) is 7.70. The molecule has 2 aromatic carbocycles. The van der Waals surface area contributed by atoms with Gasteiger partial charge in [0.05, 0.1) is 31.9 Å². The average Bonchev–Trinajstić information content (AvgIpc) is 3.91. The molecule has 3 aromatic rings. The second-order valence-electron chi connectivity index (χ2n) is 19.3. The van der Waals surface area contributed by atoms with Crippen LogP contribution >= 0.6 is 0 Å². The molecule has 3 unspecified atom stereocenters. The first-order chi connectivity index (χ1) is 28.7. The van der Waals surface area contributed by atoms with E-state index in [0.29, 0.717) is 50.9 Å². The van der Waals surface area contributed by atoms with Crippen LogP contribution in [-0.4, -0.2) is 131 Å². The van der Waals surface area contributed by atoms with E-state index in [1.165, 1.54) is 10.9 Å². The van der Waals surface area contributed by atoms with E-state index in [2.05, 4.69) is 82.5 Å². The third kappa shape index (κ3) is 5.80. The highest BCUT2D eigenvalue weighted by molar-refractivity contribution is 5.95. The molecule has 1 aliphatic carbocycles. The number of carbonyl (C=O) groups is 2. The average molecular weight is 824 g/mol. The summed E-state index contributed by atoms with van der Waals surface area (Å²) in [5.41, 5.74) is 1.13. The molecule has 1 aromatic heterocycles. The van der Waals surface area contributed by atoms with E-state index in [1.807, 2.05) is 25.8 Å². The van der Waals surface area contributed by atoms with Crippen LogP contribution in [-0.2, 0) is 26.8 Å². The van der Waals surface area contributed by atoms with E-state index < -0.39 is 58.0 Å². The Balaban J connectivity index is 1.24. The van der Waals surface area contributed by atoms with Gasteiger partial charge in [-0.25, -0.2) is 4.79 Å². The van der Waals surface area contributed by atoms with Gasteiger partial charge in [0.15, 0.2) is 11.4 Å². The number of aliphatic hydroxyl groups is 3. The van der Waals surface area contributed by atoms with E-state index in [1.54, 1.807) is 7.11 Å². The molecule has 10 atom stereocenters. The highest BCUT2D eigenvalue weighted by Gasteiger charge is 2.78. The Morgan fingerprint density at radius 3 is 2.58 bits per heavy atom. The van der Waals surface area contributed by atoms with Gasteiger partial charge in [-0.3, -0.25) is 14.6 Å². The Hall–Kier alpha value is -3.94. The van der Waals surface area contributed by atoms with Gasteiger partial charge in [0.25, 0.3) is 0 Å². The Bertz CT molecular complexity index is 2210. The monoisotopic (exact) mass is 823 g/mol. The van der Waals surface area contributed by atoms with Crippen molar-refractivity contribution in [3.8, 4) is 5.75 Å². The summed E-state index contributed by atoms with van der Waals surface area (Å²) in [6.45, 7) is 12.1. The van der Waals surface area contributed by atoms with Crippen molar-refractivity contribution in [3.05, 3.63) is 70.9 Å². The van der Waals surface area contributed by atoms with Crippen molar-refractivity contribution in [3.63, 3.8) is 0 Å². The van der Waals surface area contributed by atoms with Crippen molar-refractivity contribution in [2.75, 3.05) is 64.9 Å². The highest BCUT2D eigenvalue weighted by atomic mass is 16.5. The van der Waals surface area contributed by atoms with Crippen LogP contribution in [0, 0.1) is 11.3 Å². The number of unbranched alkanes of at least 4 members (excludes halogenated alkanes) is 1. The lowest BCUT2D eigenvalue weighted by Gasteiger charge is -2.63. The number of nitrogens with one attached hydrogen (secondary N) is 2. The largest absolute Gasteiger partial charge is 0.496 e. The van der Waals surface area contributed by atoms with Crippen molar-refractivity contribution in [1.29, 1.82) is 0 Å². The molecule has 12 nitrogen and oxygen atoms in total. The molecular formula is C48H65N5O7. The normalized spacial score (nSPS) is 36.7. The van der Waals surface area contributed by atoms with Gasteiger partial charge in [-0.05, 0) is 87.6 Å². The molecule has 2 saturated heterocycles. The number of aromatic amines is 1. The number of H-pyrrole nitrogens is 1. The topological polar surface area (TPSA) is 151 Å². The maximum Gasteiger partial charge on any atom is 0.407 e. The Morgan fingerprint density at radius 2 is 1.83 bits per heavy atom. The first-order valence-electron chi connectivity index (χ1n) is 22.5. The van der Waals surface area contributed by atoms with E-state index in [-0.39, 0.29) is 18.6 Å². The standard InChI is InChI=1S/C48H65N5O7/c1-7-10-22-60-43(56)49-27-38(54)48(58)41-47(18-21-53-19-13-17-46(9-3,40(47)53)42(48)55)33-23-34(37(59-6)24-36(33)51(41)5)44(4)25-30-26-45(57,8-2)29-52(28-30)20-16-32-31-14-11-12-15-35(31)50-39(32)44/h11-15,17,23-24,30,40-42,50,55,57-58H,7-10,16,18-22,25-29H2,1-6H3,(H,49,56)/t30?,40-,41+,42+,44+,45?,46+,47+,48-/m0/s1. The van der Waals surface area contributed by atoms with Crippen molar-refractivity contribution in [2.45, 2.75) is 119 Å². The van der Waals surface area contributed by atoms with Crippen LogP contribution in [0.5, 0.6) is 5.75 Å². The quantitative estimate of drug-likeness (QED) is 0.137. The van der Waals surface area contributed by atoms with Crippen LogP contribution < -0.4 is 15.0 Å². The molecule has 1 amide bonds. The number of hydrogen-bond acceptors (Lipinski definition) is 10. The van der Waals surface area contributed by atoms with E-state index in [4.69, 9.17) is 9.47 Å². The fraction of sp³-hybridized carbons (Fsp3) is 0.625. The number of para-hydroxylation sites is 1. The number of benzene rings is 2. The number of alkyl carbamates (subject to hydrolysis) is 1. The zero-order valence-corrected chi connectivity index (χ0v) is 36.4. The van der Waals surface area contributed by atoms with Crippen molar-refractivity contribution < 1.29 is 34.4 Å². The number of amides is 1. The summed E-state index contributed by atoms with van der Waals surface area (Å²) in [4.78, 5) is 38.4. The van der Waals surface area contributed by atoms with Crippen molar-refractivity contribution in [2.24, 2.45) is 11.3 Å². The fourth-order valence-electron chi connectivity index (χ4n) is 13.6. The highest BCUT2D eigenvalue weighted by Crippen LogP contribution is 2.67. The number of hydrogen-bond donors (Lipinski definition) is 5. The van der Waals surface area contributed by atoms with Crippen molar-refractivity contribution >= 4 is 28.5 Å². The van der Waals surface area contributed by atoms with Crippen LogP contribution in [0.1, 0.15) is 95.0 Å². The van der Waals surface area contributed by atoms with E-state index in [9.17, 15) is 24.9 Å². The number of fused-ring (bicyclic) bond motifs is 6. The van der Waals surface area contributed by atoms with Gasteiger partial charge in [-0.2, -0.15) is 0 Å². The number of likely N-dealkylation sites (N-methyl/N-ethyl adjacent to an activating group) is 1. The summed E-state index contributed by atoms with van der Waals surface area (Å²) in [7, 11) is 3.64. The molecule has 0 radical (unpaired) electrons. The summed E-state index contributed by atoms with van der Waals surface area (Å²) >= 11 is 0. The fourth-order valence-corrected chi connectivity index (χ4v) is 13.6. The first-order valence-corrected chi connectivity index (χ1v) is 22.5. The molecule has 5 N–H and O–H groups in total. The van der Waals surface area contributed by atoms with Gasteiger partial charge in [0, 0.05) is 89.4 Å². The van der Waals surface area contributed by atoms with Gasteiger partial charge < -0.3 is 40.0 Å². The molecule has 1 spiro atoms. The van der Waals surface area contributed by atoms with Gasteiger partial charge in [0.1, 0.15) is 11.9 Å². The smallest absolute Gasteiger partial charge is 0.407 e. The number of anilines is 1. The molecule has 9 rings (SSSR count). The molecule has 5 aliphatic heterocycles. The number of piperidine rings is 1. The second kappa shape index (κ2) is 14.9. The van der Waals surface area contributed by atoms with Crippen molar-refractivity contribution in [1.82, 2.24) is 20.1 Å². The number of aliphatic hydroxyl groups excluding tert-OH is 1. The number of ketones is 1. The van der Waals surface area contributed by atoms with Crippen LogP contribution in [0.2, 0.25) is 0 Å². The molecule has 3 fully saturated rings. The SMILES string of the molecule is CCCCOC(=O)NCC(=O)[C@@]1(O)[C@H](O)[C@]2(CC)C=CCN3CC[C@@]4(c5cc([C@@]6(C)CC7CN(CCc8c6[nH]c6ccccc86)CC(O)(CC)C7)c(OC)cc5N(C)[C@@H]14)[C@@H]32. The maximum absolute atomic E-state index is 14.8. The van der Waals surface area contributed by atoms with Crippen LogP contribution in [0.15, 0.2) is 48.6 Å². The number of methoxy groups -OCH3 is 1. The lowest BCUT2D eigenvalue weighted by atomic mass is 9.47. The third-order valence-corrected chi connectivity index (χ3v) is 16.2. The molecule has 60 heavy (non-hydrogen) atoms. The number of aromatic nitrogens is 1. The molecule has 6 aliphatic rings. The summed E-state index contributed by atoms with van der Waals surface area (Å²) < 4.78 is 11.8. The predicted octanol–water partition coefficient (Wildman–Crippen LogP) is 5.19. The Kier molecular flexibility index (Phi) is 10.3. The zero-order chi connectivity index (χ0) is 42.4. The van der Waals surface area contributed by atoms with Gasteiger partial charge in [-0.1, -0.05) is 57.5 Å². The summed E-state index contributed by atoms with van der Waals surface area (Å²) in [6, 6.07) is 11.9. The molecule has 1 saturated carbocycles. The zero-order valence-electron chi connectivity index (χ0n) is 36.4. The number of Topliss-reactive ketones (excluding diaryl/α,β-unsaturated/α-hetero) is 1. The van der Waals surface area contributed by atoms with E-state index >= 15 is 0 Å². The van der Waals surface area contributed by atoms with Crippen LogP contribution in [0.25, 0.3) is 10.9 Å². The molecule has 2 bridgehead atoms. The van der Waals surface area contributed by atoms with Crippen LogP contribution in [0.3, 0.4) is 0 Å². The minimum atomic E-state index is -2.26. The molecule has 6 heterocycles. The first kappa shape index (κ1) is 41.4. The van der Waals surface area contributed by atoms with E-state index in [0.717, 1.165) is 66.9 Å². The molecular weight excluding hydrogens is 759 g/mol.